The Morgan fingerprint density at radius 2 is 1.15 bits per heavy atom. The zero-order chi connectivity index (χ0) is 51.3. The number of carbonyl (C=O) groups excluding carboxylic acids is 3. The molecule has 0 spiro atoms. The highest BCUT2D eigenvalue weighted by molar-refractivity contribution is 7.99. The van der Waals surface area contributed by atoms with Crippen molar-refractivity contribution in [3.8, 4) is 5.75 Å². The first-order valence-electron chi connectivity index (χ1n) is 26.3. The van der Waals surface area contributed by atoms with Crippen LogP contribution < -0.4 is 15.4 Å². The van der Waals surface area contributed by atoms with E-state index in [9.17, 15) is 24.3 Å². The average molecular weight is 1000 g/mol. The van der Waals surface area contributed by atoms with E-state index in [1.54, 1.807) is 18.9 Å². The molecule has 0 saturated heterocycles. The summed E-state index contributed by atoms with van der Waals surface area (Å²) in [5.74, 6) is -2.30. The highest BCUT2D eigenvalue weighted by Gasteiger charge is 2.34. The zero-order valence-corrected chi connectivity index (χ0v) is 44.0. The van der Waals surface area contributed by atoms with Gasteiger partial charge in [-0.3, -0.25) is 29.0 Å². The van der Waals surface area contributed by atoms with Crippen LogP contribution in [0.4, 0.5) is 0 Å². The number of carboxylic acids is 1. The van der Waals surface area contributed by atoms with Gasteiger partial charge >= 0.3 is 5.97 Å². The third kappa shape index (κ3) is 10.8. The third-order valence-electron chi connectivity index (χ3n) is 15.5. The molecular weight excluding hydrogens is 933 g/mol. The second-order valence-electron chi connectivity index (χ2n) is 20.2. The quantitative estimate of drug-likeness (QED) is 0.0232. The summed E-state index contributed by atoms with van der Waals surface area (Å²) in [6.07, 6.45) is 4.28. The smallest absolute Gasteiger partial charge is 0.307 e. The molecule has 7 aromatic carbocycles. The van der Waals surface area contributed by atoms with Gasteiger partial charge < -0.3 is 25.2 Å². The Kier molecular flexibility index (Phi) is 16.3. The number of carbonyl (C=O) groups is 4. The lowest BCUT2D eigenvalue weighted by molar-refractivity contribution is -0.144. The van der Waals surface area contributed by atoms with E-state index in [4.69, 9.17) is 9.47 Å². The number of nitrogens with zero attached hydrogens (tertiary/aromatic N) is 2. The number of hydrogen-bond donors (Lipinski definition) is 3. The number of Topliss-reactive ketones (excluding diaryl/α,β-unsaturated/α-hetero) is 1. The molecule has 382 valence electrons. The maximum Gasteiger partial charge on any atom is 0.307 e. The van der Waals surface area contributed by atoms with Gasteiger partial charge in [0, 0.05) is 85.5 Å². The van der Waals surface area contributed by atoms with Gasteiger partial charge in [0.15, 0.2) is 5.78 Å². The summed E-state index contributed by atoms with van der Waals surface area (Å²) in [6, 6.07) is 31.3. The molecule has 0 aromatic heterocycles. The maximum absolute atomic E-state index is 14.8. The van der Waals surface area contributed by atoms with Crippen molar-refractivity contribution in [3.63, 3.8) is 0 Å². The Morgan fingerprint density at radius 1 is 0.616 bits per heavy atom. The molecule has 3 unspecified atom stereocenters. The van der Waals surface area contributed by atoms with Gasteiger partial charge in [-0.2, -0.15) is 0 Å². The topological polar surface area (TPSA) is 138 Å². The number of carboxylic acid groups (broad SMARTS) is 1. The molecule has 2 aliphatic heterocycles. The molecular formula is C61H70N4O7S. The zero-order valence-electron chi connectivity index (χ0n) is 43.2. The highest BCUT2D eigenvalue weighted by Crippen LogP contribution is 2.52. The first kappa shape index (κ1) is 51.8. The molecule has 2 aliphatic rings. The predicted octanol–water partition coefficient (Wildman–Crippen LogP) is 11.0. The SMILES string of the molecule is CCC(CC)N1Cc2ccc3c4c(SCC(NC(C)=O)C(=O)NC(Cc5ccccc5)C(=O)CC(Cc5ccccc5)C(=O)O)cc5c6c(ccc(c7c(OCCOC)cc(c2c37)C1)c64)CN(C(CC)CC)C5. The Labute approximate surface area is 433 Å². The van der Waals surface area contributed by atoms with Crippen molar-refractivity contribution in [2.75, 3.05) is 26.1 Å². The molecule has 9 rings (SSSR count). The van der Waals surface area contributed by atoms with E-state index in [0.717, 1.165) is 95.2 Å². The lowest BCUT2D eigenvalue weighted by Crippen LogP contribution is -2.53. The monoisotopic (exact) mass is 1000 g/mol. The van der Waals surface area contributed by atoms with E-state index in [1.807, 2.05) is 60.7 Å². The van der Waals surface area contributed by atoms with Crippen molar-refractivity contribution in [1.29, 1.82) is 0 Å². The molecule has 0 bridgehead atoms. The number of fused-ring (bicyclic) bond motifs is 2. The number of methoxy groups -OCH3 is 1. The first-order valence-corrected chi connectivity index (χ1v) is 27.3. The second-order valence-corrected chi connectivity index (χ2v) is 21.2. The van der Waals surface area contributed by atoms with E-state index in [-0.39, 0.29) is 36.7 Å². The van der Waals surface area contributed by atoms with Gasteiger partial charge in [-0.25, -0.2) is 0 Å². The van der Waals surface area contributed by atoms with Crippen molar-refractivity contribution in [3.05, 3.63) is 130 Å². The molecule has 3 atom stereocenters. The standard InChI is InChI=1S/C61H70N4O7S/c1-7-45(8-2)64-32-40-22-24-48-57-53(73-36-50(62-37(5)66)60(68)63-49(28-39-19-15-12-16-20-39)51(67)29-42(61(69)70)27-38-17-13-11-14-18-38)31-44-35-65(46(9-3)10-4)33-41-21-23-47(59(57)55(41)44)56-52(72-26-25-71-6)30-43(34-64)54(40)58(48)56/h11-24,30-31,42,45-46,49-50H,7-10,25-29,32-36H2,1-6H3,(H,62,66)(H,63,68)(H,69,70). The number of hydrogen-bond acceptors (Lipinski definition) is 9. The molecule has 0 saturated carbocycles. The summed E-state index contributed by atoms with van der Waals surface area (Å²) in [6.45, 7) is 14.6. The molecule has 0 fully saturated rings. The Balaban J connectivity index is 1.14. The van der Waals surface area contributed by atoms with E-state index in [2.05, 4.69) is 84.5 Å². The number of nitrogens with one attached hydrogen (secondary N) is 2. The van der Waals surface area contributed by atoms with Crippen LogP contribution in [0.15, 0.2) is 102 Å². The fraction of sp³-hybridized carbons (Fsp3) is 0.410. The van der Waals surface area contributed by atoms with Gasteiger partial charge in [-0.1, -0.05) is 113 Å². The van der Waals surface area contributed by atoms with Crippen LogP contribution in [0.25, 0.3) is 43.1 Å². The van der Waals surface area contributed by atoms with Crippen LogP contribution in [0.2, 0.25) is 0 Å². The number of ketones is 1. The van der Waals surface area contributed by atoms with Crippen LogP contribution in [0, 0.1) is 5.92 Å². The van der Waals surface area contributed by atoms with Gasteiger partial charge in [-0.15, -0.1) is 11.8 Å². The fourth-order valence-electron chi connectivity index (χ4n) is 11.9. The Bertz CT molecular complexity index is 3120. The summed E-state index contributed by atoms with van der Waals surface area (Å²) < 4.78 is 12.3. The normalized spacial score (nSPS) is 15.1. The third-order valence-corrected chi connectivity index (χ3v) is 16.7. The summed E-state index contributed by atoms with van der Waals surface area (Å²) in [7, 11) is 1.70. The minimum atomic E-state index is -1.08. The van der Waals surface area contributed by atoms with Gasteiger partial charge in [0.25, 0.3) is 0 Å². The second kappa shape index (κ2) is 23.0. The van der Waals surface area contributed by atoms with Crippen LogP contribution in [0.3, 0.4) is 0 Å². The number of ether oxygens (including phenoxy) is 2. The van der Waals surface area contributed by atoms with E-state index in [1.165, 1.54) is 50.7 Å². The van der Waals surface area contributed by atoms with Crippen LogP contribution >= 0.6 is 11.8 Å². The number of amides is 2. The molecule has 73 heavy (non-hydrogen) atoms. The van der Waals surface area contributed by atoms with E-state index in [0.29, 0.717) is 25.3 Å². The number of aliphatic carboxylic acids is 1. The minimum Gasteiger partial charge on any atom is -0.491 e. The van der Waals surface area contributed by atoms with Crippen molar-refractivity contribution in [2.45, 2.75) is 135 Å². The Hall–Kier alpha value is -6.05. The molecule has 3 N–H and O–H groups in total. The van der Waals surface area contributed by atoms with Crippen molar-refractivity contribution < 1.29 is 33.8 Å². The maximum atomic E-state index is 14.8. The molecule has 0 radical (unpaired) electrons. The van der Waals surface area contributed by atoms with Crippen molar-refractivity contribution in [1.82, 2.24) is 20.4 Å². The van der Waals surface area contributed by atoms with Crippen molar-refractivity contribution >= 4 is 78.4 Å². The van der Waals surface area contributed by atoms with Gasteiger partial charge in [0.05, 0.1) is 18.6 Å². The van der Waals surface area contributed by atoms with Crippen LogP contribution in [0.5, 0.6) is 5.75 Å². The summed E-state index contributed by atoms with van der Waals surface area (Å²) in [4.78, 5) is 61.0. The average Bonchev–Trinajstić information content (AvgIpc) is 3.39. The van der Waals surface area contributed by atoms with Gasteiger partial charge in [0.1, 0.15) is 18.4 Å². The molecule has 0 aliphatic carbocycles. The molecule has 2 heterocycles. The highest BCUT2D eigenvalue weighted by atomic mass is 32.2. The molecule has 11 nitrogen and oxygen atoms in total. The number of rotatable bonds is 24. The lowest BCUT2D eigenvalue weighted by Gasteiger charge is -2.37. The van der Waals surface area contributed by atoms with Crippen LogP contribution in [-0.2, 0) is 62.9 Å². The summed E-state index contributed by atoms with van der Waals surface area (Å²) in [5.41, 5.74) is 6.70. The lowest BCUT2D eigenvalue weighted by atomic mass is 9.82. The number of thioether (sulfide) groups is 1. The fourth-order valence-corrected chi connectivity index (χ4v) is 13.1. The first-order chi connectivity index (χ1) is 35.4. The Morgan fingerprint density at radius 3 is 1.70 bits per heavy atom. The predicted molar refractivity (Wildman–Crippen MR) is 294 cm³/mol. The molecule has 2 amide bonds. The van der Waals surface area contributed by atoms with Gasteiger partial charge in [-0.05, 0) is 111 Å². The number of benzene rings is 7. The van der Waals surface area contributed by atoms with Crippen LogP contribution in [0.1, 0.15) is 100 Å². The largest absolute Gasteiger partial charge is 0.491 e. The van der Waals surface area contributed by atoms with E-state index >= 15 is 0 Å². The summed E-state index contributed by atoms with van der Waals surface area (Å²) >= 11 is 1.55. The summed E-state index contributed by atoms with van der Waals surface area (Å²) in [5, 5.41) is 25.7. The minimum absolute atomic E-state index is 0.166. The molecule has 7 aromatic rings. The van der Waals surface area contributed by atoms with E-state index < -0.39 is 29.9 Å². The van der Waals surface area contributed by atoms with Crippen LogP contribution in [-0.4, -0.2) is 88.7 Å². The van der Waals surface area contributed by atoms with Gasteiger partial charge in [0.2, 0.25) is 11.8 Å². The molecule has 12 heteroatoms. The van der Waals surface area contributed by atoms with Crippen molar-refractivity contribution in [2.24, 2.45) is 5.92 Å².